The molecule has 1 aromatic carbocycles. The van der Waals surface area contributed by atoms with Crippen LogP contribution in [0.15, 0.2) is 18.2 Å². The van der Waals surface area contributed by atoms with Crippen molar-refractivity contribution >= 4 is 5.69 Å². The number of aliphatic hydroxyl groups is 1. The average Bonchev–Trinajstić information content (AvgIpc) is 2.57. The van der Waals surface area contributed by atoms with Crippen LogP contribution in [0.2, 0.25) is 0 Å². The highest BCUT2D eigenvalue weighted by Gasteiger charge is 2.22. The number of hydrogen-bond donors (Lipinski definition) is 3. The van der Waals surface area contributed by atoms with Crippen LogP contribution in [0, 0.1) is 0 Å². The Morgan fingerprint density at radius 3 is 2.57 bits per heavy atom. The maximum atomic E-state index is 9.58. The molecule has 14 heavy (non-hydrogen) atoms. The third-order valence-corrected chi connectivity index (χ3v) is 2.51. The summed E-state index contributed by atoms with van der Waals surface area (Å²) < 4.78 is 0. The molecular weight excluding hydrogens is 182 g/mol. The van der Waals surface area contributed by atoms with Gasteiger partial charge in [0.05, 0.1) is 0 Å². The minimum atomic E-state index is -0.473. The van der Waals surface area contributed by atoms with Crippen LogP contribution < -0.4 is 4.90 Å². The summed E-state index contributed by atoms with van der Waals surface area (Å²) >= 11 is 0. The van der Waals surface area contributed by atoms with Gasteiger partial charge in [-0.15, -0.1) is 0 Å². The van der Waals surface area contributed by atoms with E-state index in [-0.39, 0.29) is 11.5 Å². The van der Waals surface area contributed by atoms with Gasteiger partial charge in [0.15, 0.2) is 11.5 Å². The van der Waals surface area contributed by atoms with Crippen LogP contribution in [0.25, 0.3) is 0 Å². The second-order valence-corrected chi connectivity index (χ2v) is 3.49. The number of rotatable bonds is 1. The fourth-order valence-electron chi connectivity index (χ4n) is 1.74. The Bertz CT molecular complexity index is 340. The molecular formula is C10H13NO3. The van der Waals surface area contributed by atoms with Crippen molar-refractivity contribution < 1.29 is 15.3 Å². The molecule has 76 valence electrons. The van der Waals surface area contributed by atoms with Crippen molar-refractivity contribution in [2.75, 3.05) is 11.4 Å². The van der Waals surface area contributed by atoms with E-state index in [4.69, 9.17) is 5.11 Å². The fourth-order valence-corrected chi connectivity index (χ4v) is 1.74. The van der Waals surface area contributed by atoms with E-state index < -0.39 is 6.23 Å². The first kappa shape index (κ1) is 9.15. The molecule has 1 aliphatic heterocycles. The lowest BCUT2D eigenvalue weighted by Crippen LogP contribution is -2.28. The number of benzene rings is 1. The molecule has 1 unspecified atom stereocenters. The number of phenols is 2. The Morgan fingerprint density at radius 1 is 1.21 bits per heavy atom. The van der Waals surface area contributed by atoms with Crippen molar-refractivity contribution in [3.63, 3.8) is 0 Å². The highest BCUT2D eigenvalue weighted by Crippen LogP contribution is 2.32. The average molecular weight is 195 g/mol. The van der Waals surface area contributed by atoms with Gasteiger partial charge < -0.3 is 20.2 Å². The molecule has 4 nitrogen and oxygen atoms in total. The van der Waals surface area contributed by atoms with E-state index in [1.54, 1.807) is 11.0 Å². The van der Waals surface area contributed by atoms with Gasteiger partial charge in [-0.2, -0.15) is 0 Å². The quantitative estimate of drug-likeness (QED) is 0.585. The molecule has 0 aromatic heterocycles. The minimum Gasteiger partial charge on any atom is -0.504 e. The molecule has 0 bridgehead atoms. The molecule has 1 saturated heterocycles. The minimum absolute atomic E-state index is 0.137. The summed E-state index contributed by atoms with van der Waals surface area (Å²) in [4.78, 5) is 1.80. The monoisotopic (exact) mass is 195 g/mol. The van der Waals surface area contributed by atoms with Gasteiger partial charge in [0.25, 0.3) is 0 Å². The van der Waals surface area contributed by atoms with Crippen LogP contribution in [0.1, 0.15) is 12.8 Å². The predicted molar refractivity (Wildman–Crippen MR) is 52.4 cm³/mol. The first-order valence-electron chi connectivity index (χ1n) is 4.65. The Morgan fingerprint density at radius 2 is 2.00 bits per heavy atom. The van der Waals surface area contributed by atoms with E-state index in [2.05, 4.69) is 0 Å². The van der Waals surface area contributed by atoms with Crippen LogP contribution in [-0.4, -0.2) is 28.1 Å². The first-order chi connectivity index (χ1) is 6.68. The van der Waals surface area contributed by atoms with E-state index in [1.807, 2.05) is 0 Å². The maximum absolute atomic E-state index is 9.58. The highest BCUT2D eigenvalue weighted by molar-refractivity contribution is 5.56. The van der Waals surface area contributed by atoms with E-state index >= 15 is 0 Å². The number of aromatic hydroxyl groups is 2. The fraction of sp³-hybridized carbons (Fsp3) is 0.400. The van der Waals surface area contributed by atoms with Gasteiger partial charge in [-0.3, -0.25) is 0 Å². The summed E-state index contributed by atoms with van der Waals surface area (Å²) in [7, 11) is 0. The van der Waals surface area contributed by atoms with Crippen molar-refractivity contribution in [3.8, 4) is 11.5 Å². The van der Waals surface area contributed by atoms with Gasteiger partial charge in [0, 0.05) is 18.3 Å². The van der Waals surface area contributed by atoms with E-state index in [9.17, 15) is 10.2 Å². The molecule has 1 aromatic rings. The van der Waals surface area contributed by atoms with Crippen LogP contribution in [0.3, 0.4) is 0 Å². The van der Waals surface area contributed by atoms with Gasteiger partial charge in [0.1, 0.15) is 6.23 Å². The normalized spacial score (nSPS) is 21.5. The van der Waals surface area contributed by atoms with Crippen molar-refractivity contribution in [2.24, 2.45) is 0 Å². The molecule has 1 heterocycles. The zero-order chi connectivity index (χ0) is 10.1. The molecule has 0 amide bonds. The smallest absolute Gasteiger partial charge is 0.159 e. The maximum Gasteiger partial charge on any atom is 0.159 e. The largest absolute Gasteiger partial charge is 0.504 e. The van der Waals surface area contributed by atoms with E-state index in [1.165, 1.54) is 12.1 Å². The molecule has 4 heteroatoms. The van der Waals surface area contributed by atoms with Crippen LogP contribution >= 0.6 is 0 Å². The molecule has 0 radical (unpaired) electrons. The zero-order valence-corrected chi connectivity index (χ0v) is 7.72. The summed E-state index contributed by atoms with van der Waals surface area (Å²) in [6.07, 6.45) is 1.23. The Kier molecular flexibility index (Phi) is 2.21. The Hall–Kier alpha value is -1.42. The number of phenolic OH excluding ortho intramolecular Hbond substituents is 2. The van der Waals surface area contributed by atoms with E-state index in [0.29, 0.717) is 0 Å². The second kappa shape index (κ2) is 3.38. The number of nitrogens with zero attached hydrogens (tertiary/aromatic N) is 1. The molecule has 0 spiro atoms. The van der Waals surface area contributed by atoms with Crippen LogP contribution in [-0.2, 0) is 0 Å². The summed E-state index contributed by atoms with van der Waals surface area (Å²) in [5, 5.41) is 28.0. The molecule has 1 atom stereocenters. The van der Waals surface area contributed by atoms with Gasteiger partial charge >= 0.3 is 0 Å². The third kappa shape index (κ3) is 1.48. The van der Waals surface area contributed by atoms with Gasteiger partial charge in [-0.25, -0.2) is 0 Å². The molecule has 3 N–H and O–H groups in total. The van der Waals surface area contributed by atoms with Gasteiger partial charge in [-0.05, 0) is 25.0 Å². The Balaban J connectivity index is 2.28. The molecule has 2 rings (SSSR count). The lowest BCUT2D eigenvalue weighted by atomic mass is 10.2. The molecule has 1 fully saturated rings. The first-order valence-corrected chi connectivity index (χ1v) is 4.65. The van der Waals surface area contributed by atoms with Crippen molar-refractivity contribution in [3.05, 3.63) is 18.2 Å². The van der Waals surface area contributed by atoms with Crippen molar-refractivity contribution in [1.29, 1.82) is 0 Å². The summed E-state index contributed by atoms with van der Waals surface area (Å²) in [5.41, 5.74) is 0.741. The third-order valence-electron chi connectivity index (χ3n) is 2.51. The van der Waals surface area contributed by atoms with Crippen LogP contribution in [0.5, 0.6) is 11.5 Å². The lowest BCUT2D eigenvalue weighted by Gasteiger charge is -2.22. The molecule has 1 aliphatic rings. The molecule has 0 aliphatic carbocycles. The van der Waals surface area contributed by atoms with E-state index in [0.717, 1.165) is 25.1 Å². The summed E-state index contributed by atoms with van der Waals surface area (Å²) in [6.45, 7) is 0.783. The van der Waals surface area contributed by atoms with Gasteiger partial charge in [-0.1, -0.05) is 0 Å². The number of aliphatic hydroxyl groups excluding tert-OH is 1. The lowest BCUT2D eigenvalue weighted by molar-refractivity contribution is 0.185. The second-order valence-electron chi connectivity index (χ2n) is 3.49. The highest BCUT2D eigenvalue weighted by atomic mass is 16.3. The van der Waals surface area contributed by atoms with Crippen molar-refractivity contribution in [2.45, 2.75) is 19.1 Å². The van der Waals surface area contributed by atoms with Gasteiger partial charge in [0.2, 0.25) is 0 Å². The summed E-state index contributed by atoms with van der Waals surface area (Å²) in [6, 6.07) is 4.57. The standard InChI is InChI=1S/C10H13NO3/c12-8-4-3-7(6-9(8)13)11-5-1-2-10(11)14/h3-4,6,10,12-14H,1-2,5H2. The van der Waals surface area contributed by atoms with Crippen molar-refractivity contribution in [1.82, 2.24) is 0 Å². The number of hydrogen-bond acceptors (Lipinski definition) is 4. The predicted octanol–water partition coefficient (Wildman–Crippen LogP) is 1.02. The van der Waals surface area contributed by atoms with Crippen LogP contribution in [0.4, 0.5) is 5.69 Å². The topological polar surface area (TPSA) is 63.9 Å². The SMILES string of the molecule is Oc1ccc(N2CCCC2O)cc1O. The zero-order valence-electron chi connectivity index (χ0n) is 7.72. The summed E-state index contributed by atoms with van der Waals surface area (Å²) in [5.74, 6) is -0.288. The molecule has 0 saturated carbocycles. The Labute approximate surface area is 82.0 Å². The number of anilines is 1.